The van der Waals surface area contributed by atoms with Gasteiger partial charge in [-0.05, 0) is 24.3 Å². The molecule has 11 heavy (non-hydrogen) atoms. The minimum Gasteiger partial charge on any atom is -0.411 e. The standard InChI is InChI=1S/C8H9NOS/c10-9-8(6-3-4-6)7-2-1-5-11-7/h1-2,5-6,10H,3-4H2. The van der Waals surface area contributed by atoms with E-state index in [4.69, 9.17) is 5.21 Å². The lowest BCUT2D eigenvalue weighted by molar-refractivity contribution is 0.317. The smallest absolute Gasteiger partial charge is 0.0997 e. The van der Waals surface area contributed by atoms with Gasteiger partial charge in [0.15, 0.2) is 0 Å². The predicted octanol–water partition coefficient (Wildman–Crippen LogP) is 2.34. The topological polar surface area (TPSA) is 32.6 Å². The van der Waals surface area contributed by atoms with Crippen LogP contribution in [-0.2, 0) is 0 Å². The van der Waals surface area contributed by atoms with E-state index in [1.54, 1.807) is 11.3 Å². The molecule has 58 valence electrons. The second kappa shape index (κ2) is 2.66. The molecule has 1 fully saturated rings. The first-order valence-corrected chi connectivity index (χ1v) is 4.55. The minimum atomic E-state index is 0.527. The Morgan fingerprint density at radius 3 is 2.91 bits per heavy atom. The summed E-state index contributed by atoms with van der Waals surface area (Å²) in [4.78, 5) is 1.11. The molecule has 1 heterocycles. The van der Waals surface area contributed by atoms with Gasteiger partial charge in [0, 0.05) is 5.92 Å². The Kier molecular flexibility index (Phi) is 1.66. The molecule has 0 aromatic carbocycles. The number of hydrogen-bond donors (Lipinski definition) is 1. The summed E-state index contributed by atoms with van der Waals surface area (Å²) in [5.74, 6) is 0.527. The molecule has 1 aromatic heterocycles. The van der Waals surface area contributed by atoms with Gasteiger partial charge in [-0.3, -0.25) is 0 Å². The van der Waals surface area contributed by atoms with Gasteiger partial charge in [0.25, 0.3) is 0 Å². The highest BCUT2D eigenvalue weighted by Crippen LogP contribution is 2.34. The zero-order chi connectivity index (χ0) is 7.68. The Morgan fingerprint density at radius 2 is 2.45 bits per heavy atom. The summed E-state index contributed by atoms with van der Waals surface area (Å²) in [5.41, 5.74) is 0.875. The molecule has 0 atom stereocenters. The molecular formula is C8H9NOS. The fourth-order valence-electron chi connectivity index (χ4n) is 1.11. The van der Waals surface area contributed by atoms with Crippen molar-refractivity contribution in [2.45, 2.75) is 12.8 Å². The zero-order valence-electron chi connectivity index (χ0n) is 6.03. The van der Waals surface area contributed by atoms with Crippen LogP contribution in [0.4, 0.5) is 0 Å². The van der Waals surface area contributed by atoms with Gasteiger partial charge in [0.1, 0.15) is 0 Å². The minimum absolute atomic E-state index is 0.527. The molecule has 1 aliphatic carbocycles. The number of hydrogen-bond acceptors (Lipinski definition) is 3. The number of nitrogens with zero attached hydrogens (tertiary/aromatic N) is 1. The Labute approximate surface area is 69.2 Å². The molecule has 0 radical (unpaired) electrons. The molecule has 0 amide bonds. The number of rotatable bonds is 2. The summed E-state index contributed by atoms with van der Waals surface area (Å²) in [6.07, 6.45) is 2.36. The zero-order valence-corrected chi connectivity index (χ0v) is 6.84. The molecule has 2 rings (SSSR count). The summed E-state index contributed by atoms with van der Waals surface area (Å²) in [5, 5.41) is 14.0. The van der Waals surface area contributed by atoms with Crippen molar-refractivity contribution in [1.29, 1.82) is 0 Å². The molecule has 2 nitrogen and oxygen atoms in total. The van der Waals surface area contributed by atoms with Crippen molar-refractivity contribution in [2.24, 2.45) is 11.1 Å². The van der Waals surface area contributed by atoms with Gasteiger partial charge in [-0.2, -0.15) is 0 Å². The first-order chi connectivity index (χ1) is 5.42. The van der Waals surface area contributed by atoms with Crippen molar-refractivity contribution in [2.75, 3.05) is 0 Å². The van der Waals surface area contributed by atoms with Crippen LogP contribution in [0.15, 0.2) is 22.7 Å². The molecule has 0 unspecified atom stereocenters. The molecule has 0 aliphatic heterocycles. The average molecular weight is 167 g/mol. The monoisotopic (exact) mass is 167 g/mol. The van der Waals surface area contributed by atoms with E-state index in [1.807, 2.05) is 17.5 Å². The van der Waals surface area contributed by atoms with E-state index in [9.17, 15) is 0 Å². The van der Waals surface area contributed by atoms with Gasteiger partial charge >= 0.3 is 0 Å². The van der Waals surface area contributed by atoms with Crippen LogP contribution in [0.5, 0.6) is 0 Å². The Bertz CT molecular complexity index is 262. The molecule has 1 N–H and O–H groups in total. The van der Waals surface area contributed by atoms with E-state index in [-0.39, 0.29) is 0 Å². The summed E-state index contributed by atoms with van der Waals surface area (Å²) in [7, 11) is 0. The van der Waals surface area contributed by atoms with E-state index >= 15 is 0 Å². The van der Waals surface area contributed by atoms with Gasteiger partial charge < -0.3 is 5.21 Å². The van der Waals surface area contributed by atoms with Crippen LogP contribution >= 0.6 is 11.3 Å². The van der Waals surface area contributed by atoms with Crippen LogP contribution in [0.1, 0.15) is 17.7 Å². The number of oxime groups is 1. The molecule has 1 aliphatic rings. The summed E-state index contributed by atoms with van der Waals surface area (Å²) >= 11 is 1.63. The van der Waals surface area contributed by atoms with E-state index in [1.165, 1.54) is 12.8 Å². The Morgan fingerprint density at radius 1 is 1.64 bits per heavy atom. The first kappa shape index (κ1) is 6.85. The van der Waals surface area contributed by atoms with Gasteiger partial charge in [-0.25, -0.2) is 0 Å². The van der Waals surface area contributed by atoms with E-state index < -0.39 is 0 Å². The van der Waals surface area contributed by atoms with Crippen molar-refractivity contribution >= 4 is 17.0 Å². The van der Waals surface area contributed by atoms with Gasteiger partial charge in [-0.15, -0.1) is 11.3 Å². The lowest BCUT2D eigenvalue weighted by Crippen LogP contribution is -1.99. The predicted molar refractivity (Wildman–Crippen MR) is 45.4 cm³/mol. The maximum atomic E-state index is 8.70. The molecule has 1 saturated carbocycles. The highest BCUT2D eigenvalue weighted by atomic mass is 32.1. The van der Waals surface area contributed by atoms with Crippen molar-refractivity contribution in [1.82, 2.24) is 0 Å². The second-order valence-corrected chi connectivity index (χ2v) is 3.68. The highest BCUT2D eigenvalue weighted by molar-refractivity contribution is 7.12. The van der Waals surface area contributed by atoms with Crippen molar-refractivity contribution in [3.8, 4) is 0 Å². The normalized spacial score (nSPS) is 18.7. The van der Waals surface area contributed by atoms with Gasteiger partial charge in [0.05, 0.1) is 10.6 Å². The third kappa shape index (κ3) is 1.28. The van der Waals surface area contributed by atoms with E-state index in [0.29, 0.717) is 5.92 Å². The third-order valence-electron chi connectivity index (χ3n) is 1.85. The summed E-state index contributed by atoms with van der Waals surface area (Å²) in [6, 6.07) is 3.98. The Balaban J connectivity index is 2.25. The first-order valence-electron chi connectivity index (χ1n) is 3.67. The van der Waals surface area contributed by atoms with Crippen LogP contribution in [0, 0.1) is 5.92 Å². The summed E-state index contributed by atoms with van der Waals surface area (Å²) in [6.45, 7) is 0. The molecule has 0 bridgehead atoms. The number of thiophene rings is 1. The van der Waals surface area contributed by atoms with Crippen LogP contribution in [0.25, 0.3) is 0 Å². The molecule has 0 spiro atoms. The fourth-order valence-corrected chi connectivity index (χ4v) is 1.90. The maximum Gasteiger partial charge on any atom is 0.0997 e. The third-order valence-corrected chi connectivity index (χ3v) is 2.74. The molecular weight excluding hydrogens is 158 g/mol. The summed E-state index contributed by atoms with van der Waals surface area (Å²) < 4.78 is 0. The lowest BCUT2D eigenvalue weighted by atomic mass is 10.2. The van der Waals surface area contributed by atoms with Crippen molar-refractivity contribution < 1.29 is 5.21 Å². The largest absolute Gasteiger partial charge is 0.411 e. The Hall–Kier alpha value is -0.830. The van der Waals surface area contributed by atoms with Gasteiger partial charge in [-0.1, -0.05) is 11.2 Å². The SMILES string of the molecule is ON=C(c1cccs1)C1CC1. The second-order valence-electron chi connectivity index (χ2n) is 2.74. The van der Waals surface area contributed by atoms with Gasteiger partial charge in [0.2, 0.25) is 0 Å². The molecule has 1 aromatic rings. The molecule has 0 saturated heterocycles. The van der Waals surface area contributed by atoms with Crippen LogP contribution in [0.2, 0.25) is 0 Å². The fraction of sp³-hybridized carbons (Fsp3) is 0.375. The quantitative estimate of drug-likeness (QED) is 0.409. The van der Waals surface area contributed by atoms with E-state index in [2.05, 4.69) is 5.16 Å². The lowest BCUT2D eigenvalue weighted by Gasteiger charge is -1.95. The average Bonchev–Trinajstić information content (AvgIpc) is 2.68. The van der Waals surface area contributed by atoms with Crippen LogP contribution in [-0.4, -0.2) is 10.9 Å². The molecule has 3 heteroatoms. The van der Waals surface area contributed by atoms with E-state index in [0.717, 1.165) is 10.6 Å². The van der Waals surface area contributed by atoms with Crippen molar-refractivity contribution in [3.05, 3.63) is 22.4 Å². The maximum absolute atomic E-state index is 8.70. The highest BCUT2D eigenvalue weighted by Gasteiger charge is 2.29. The van der Waals surface area contributed by atoms with Crippen molar-refractivity contribution in [3.63, 3.8) is 0 Å². The van der Waals surface area contributed by atoms with Crippen LogP contribution < -0.4 is 0 Å². The van der Waals surface area contributed by atoms with Crippen LogP contribution in [0.3, 0.4) is 0 Å².